The lowest BCUT2D eigenvalue weighted by atomic mass is 10.00. The second-order valence-electron chi connectivity index (χ2n) is 10.3. The molecule has 0 aliphatic carbocycles. The Kier molecular flexibility index (Phi) is 9.93. The summed E-state index contributed by atoms with van der Waals surface area (Å²) in [5.74, 6) is 0.761. The predicted octanol–water partition coefficient (Wildman–Crippen LogP) is 5.56. The Hall–Kier alpha value is -3.57. The zero-order valence-corrected chi connectivity index (χ0v) is 24.4. The van der Waals surface area contributed by atoms with E-state index in [4.69, 9.17) is 37.6 Å². The van der Waals surface area contributed by atoms with Gasteiger partial charge < -0.3 is 42.7 Å². The largest absolute Gasteiger partial charge is 0.507 e. The van der Waals surface area contributed by atoms with Crippen LogP contribution in [0.3, 0.4) is 0 Å². The fourth-order valence-corrected chi connectivity index (χ4v) is 4.53. The second kappa shape index (κ2) is 13.4. The van der Waals surface area contributed by atoms with Crippen molar-refractivity contribution in [2.45, 2.75) is 51.7 Å². The number of benzene rings is 2. The van der Waals surface area contributed by atoms with E-state index in [1.165, 1.54) is 21.3 Å². The third kappa shape index (κ3) is 7.20. The number of fused-ring (bicyclic) bond motifs is 1. The molecule has 0 bridgehead atoms. The van der Waals surface area contributed by atoms with Crippen LogP contribution in [0.25, 0.3) is 22.3 Å². The average Bonchev–Trinajstić information content (AvgIpc) is 3.58. The molecular formula is C31H38O10. The van der Waals surface area contributed by atoms with Crippen LogP contribution in [-0.2, 0) is 25.4 Å². The number of phenolic OH excluding ortho intramolecular Hbond substituents is 1. The lowest BCUT2D eigenvalue weighted by Gasteiger charge is -2.16. The van der Waals surface area contributed by atoms with Crippen molar-refractivity contribution >= 4 is 11.0 Å². The monoisotopic (exact) mass is 570 g/mol. The summed E-state index contributed by atoms with van der Waals surface area (Å²) in [6.45, 7) is 6.05. The minimum absolute atomic E-state index is 0.0150. The molecule has 2 aromatic carbocycles. The lowest BCUT2D eigenvalue weighted by Crippen LogP contribution is -2.13. The summed E-state index contributed by atoms with van der Waals surface area (Å²) >= 11 is 0. The van der Waals surface area contributed by atoms with E-state index in [1.54, 1.807) is 30.3 Å². The third-order valence-electron chi connectivity index (χ3n) is 6.91. The molecule has 1 fully saturated rings. The molecule has 0 saturated carbocycles. The number of aromatic hydroxyl groups is 1. The number of phenols is 1. The molecule has 222 valence electrons. The van der Waals surface area contributed by atoms with Gasteiger partial charge in [0.1, 0.15) is 28.2 Å². The van der Waals surface area contributed by atoms with Gasteiger partial charge in [-0.15, -0.1) is 0 Å². The van der Waals surface area contributed by atoms with Crippen molar-refractivity contribution in [2.75, 3.05) is 41.7 Å². The highest BCUT2D eigenvalue weighted by molar-refractivity contribution is 5.90. The molecule has 1 aromatic heterocycles. The quantitative estimate of drug-likeness (QED) is 0.141. The van der Waals surface area contributed by atoms with Crippen molar-refractivity contribution in [3.05, 3.63) is 57.8 Å². The number of hydrogen-bond acceptors (Lipinski definition) is 10. The Morgan fingerprint density at radius 3 is 2.27 bits per heavy atom. The zero-order valence-electron chi connectivity index (χ0n) is 24.4. The Bertz CT molecular complexity index is 1420. The van der Waals surface area contributed by atoms with Gasteiger partial charge in [0.2, 0.25) is 11.2 Å². The van der Waals surface area contributed by atoms with Gasteiger partial charge in [0.15, 0.2) is 26.1 Å². The molecule has 3 aromatic rings. The van der Waals surface area contributed by atoms with Crippen molar-refractivity contribution in [2.24, 2.45) is 0 Å². The van der Waals surface area contributed by atoms with Gasteiger partial charge >= 0.3 is 0 Å². The molecule has 1 aliphatic heterocycles. The molecular weight excluding hydrogens is 532 g/mol. The third-order valence-corrected chi connectivity index (χ3v) is 6.91. The fourth-order valence-electron chi connectivity index (χ4n) is 4.53. The van der Waals surface area contributed by atoms with E-state index in [0.717, 1.165) is 18.4 Å². The van der Waals surface area contributed by atoms with Crippen molar-refractivity contribution in [3.63, 3.8) is 0 Å². The molecule has 10 nitrogen and oxygen atoms in total. The Labute approximate surface area is 239 Å². The van der Waals surface area contributed by atoms with Crippen LogP contribution < -0.4 is 19.6 Å². The van der Waals surface area contributed by atoms with E-state index >= 15 is 0 Å². The first kappa shape index (κ1) is 30.4. The van der Waals surface area contributed by atoms with Gasteiger partial charge in [-0.3, -0.25) is 4.79 Å². The summed E-state index contributed by atoms with van der Waals surface area (Å²) in [6.07, 6.45) is 4.37. The minimum atomic E-state index is -0.538. The van der Waals surface area contributed by atoms with Crippen LogP contribution in [0.1, 0.15) is 39.2 Å². The normalized spacial score (nSPS) is 16.1. The van der Waals surface area contributed by atoms with Gasteiger partial charge in [0.25, 0.3) is 0 Å². The van der Waals surface area contributed by atoms with Gasteiger partial charge in [0.05, 0.1) is 11.7 Å². The zero-order chi connectivity index (χ0) is 29.6. The Morgan fingerprint density at radius 2 is 1.63 bits per heavy atom. The van der Waals surface area contributed by atoms with Gasteiger partial charge in [-0.05, 0) is 64.3 Å². The standard InChI is InChI=1S/C31H38O10/c1-19(8-14-25-31(2,3)41-25)7-13-22-23(38-17-35-5)15-24-26(27(22)32)28(33)30(39-18-36-6)29(40-24)20-9-11-21(12-10-20)37-16-34-4/h7,9-12,15,25,32H,8,13-14,16-18H2,1-6H3/b19-7-/t25-/m1/s1. The van der Waals surface area contributed by atoms with Crippen LogP contribution in [0.5, 0.6) is 23.0 Å². The van der Waals surface area contributed by atoms with Crippen LogP contribution in [0.2, 0.25) is 0 Å². The maximum atomic E-state index is 13.8. The smallest absolute Gasteiger partial charge is 0.239 e. The molecule has 0 radical (unpaired) electrons. The van der Waals surface area contributed by atoms with E-state index in [0.29, 0.717) is 29.0 Å². The minimum Gasteiger partial charge on any atom is -0.507 e. The highest BCUT2D eigenvalue weighted by Crippen LogP contribution is 2.41. The molecule has 1 saturated heterocycles. The van der Waals surface area contributed by atoms with Crippen molar-refractivity contribution in [3.8, 4) is 34.3 Å². The summed E-state index contributed by atoms with van der Waals surface area (Å²) in [5, 5.41) is 11.4. The molecule has 2 heterocycles. The SMILES string of the molecule is COCOc1ccc(-c2oc3cc(OCOC)c(C/C=C(/C)CC[C@H]4OC4(C)C)c(O)c3c(=O)c2OCOC)cc1. The van der Waals surface area contributed by atoms with E-state index in [-0.39, 0.29) is 60.3 Å². The Balaban J connectivity index is 1.75. The number of hydrogen-bond donors (Lipinski definition) is 1. The number of ether oxygens (including phenoxy) is 7. The lowest BCUT2D eigenvalue weighted by molar-refractivity contribution is 0.0493. The average molecular weight is 571 g/mol. The molecule has 1 atom stereocenters. The van der Waals surface area contributed by atoms with Gasteiger partial charge in [0, 0.05) is 38.5 Å². The van der Waals surface area contributed by atoms with Crippen molar-refractivity contribution < 1.29 is 42.7 Å². The summed E-state index contributed by atoms with van der Waals surface area (Å²) < 4.78 is 43.9. The van der Waals surface area contributed by atoms with Gasteiger partial charge in [-0.25, -0.2) is 0 Å². The first-order chi connectivity index (χ1) is 19.7. The number of allylic oxidation sites excluding steroid dienone is 2. The molecule has 1 N–H and O–H groups in total. The number of epoxide rings is 1. The van der Waals surface area contributed by atoms with E-state index in [2.05, 4.69) is 13.8 Å². The molecule has 0 amide bonds. The molecule has 41 heavy (non-hydrogen) atoms. The summed E-state index contributed by atoms with van der Waals surface area (Å²) in [7, 11) is 4.49. The van der Waals surface area contributed by atoms with Crippen molar-refractivity contribution in [1.29, 1.82) is 0 Å². The maximum Gasteiger partial charge on any atom is 0.239 e. The highest BCUT2D eigenvalue weighted by atomic mass is 16.7. The molecule has 4 rings (SSSR count). The fraction of sp³-hybridized carbons (Fsp3) is 0.452. The van der Waals surface area contributed by atoms with Crippen LogP contribution in [0.4, 0.5) is 0 Å². The molecule has 0 spiro atoms. The Morgan fingerprint density at radius 1 is 1.00 bits per heavy atom. The number of methoxy groups -OCH3 is 3. The van der Waals surface area contributed by atoms with E-state index in [1.807, 2.05) is 13.0 Å². The van der Waals surface area contributed by atoms with E-state index < -0.39 is 5.43 Å². The number of rotatable bonds is 15. The summed E-state index contributed by atoms with van der Waals surface area (Å²) in [5.41, 5.74) is 1.67. The van der Waals surface area contributed by atoms with Crippen LogP contribution in [-0.4, -0.2) is 58.5 Å². The predicted molar refractivity (Wildman–Crippen MR) is 153 cm³/mol. The summed E-state index contributed by atoms with van der Waals surface area (Å²) in [4.78, 5) is 13.8. The highest BCUT2D eigenvalue weighted by Gasteiger charge is 2.46. The van der Waals surface area contributed by atoms with Crippen LogP contribution in [0.15, 0.2) is 51.2 Å². The topological polar surface area (TPSA) is 118 Å². The van der Waals surface area contributed by atoms with Gasteiger partial charge in [-0.2, -0.15) is 0 Å². The molecule has 0 unspecified atom stereocenters. The first-order valence-electron chi connectivity index (χ1n) is 13.3. The molecule has 10 heteroatoms. The van der Waals surface area contributed by atoms with Crippen LogP contribution in [0, 0.1) is 0 Å². The maximum absolute atomic E-state index is 13.8. The summed E-state index contributed by atoms with van der Waals surface area (Å²) in [6, 6.07) is 8.49. The van der Waals surface area contributed by atoms with Crippen LogP contribution >= 0.6 is 0 Å². The van der Waals surface area contributed by atoms with Gasteiger partial charge in [-0.1, -0.05) is 11.6 Å². The molecule has 1 aliphatic rings. The second-order valence-corrected chi connectivity index (χ2v) is 10.3. The van der Waals surface area contributed by atoms with E-state index in [9.17, 15) is 9.90 Å². The van der Waals surface area contributed by atoms with Crippen molar-refractivity contribution in [1.82, 2.24) is 0 Å². The first-order valence-corrected chi connectivity index (χ1v) is 13.3.